The monoisotopic (exact) mass is 300 g/mol. The number of anilines is 2. The number of benzene rings is 1. The number of aromatic nitrogens is 5. The molecule has 0 saturated heterocycles. The van der Waals surface area contributed by atoms with Crippen molar-refractivity contribution in [1.29, 1.82) is 0 Å². The lowest BCUT2D eigenvalue weighted by Crippen LogP contribution is -2.06. The van der Waals surface area contributed by atoms with Crippen LogP contribution >= 0.6 is 11.6 Å². The standard InChI is InChI=1S/C14H13ClN6/c1-9-4-3-5-11(10(9)2)17-13-18-12(15)19-14(20-13)21-7-6-16-8-21/h3-8H,1-2H3,(H,17,18,19,20). The minimum absolute atomic E-state index is 0.126. The molecule has 7 heteroatoms. The van der Waals surface area contributed by atoms with Gasteiger partial charge in [0.15, 0.2) is 0 Å². The van der Waals surface area contributed by atoms with Crippen molar-refractivity contribution >= 4 is 23.2 Å². The molecule has 0 fully saturated rings. The largest absolute Gasteiger partial charge is 0.324 e. The van der Waals surface area contributed by atoms with Crippen LogP contribution in [0.15, 0.2) is 36.9 Å². The summed E-state index contributed by atoms with van der Waals surface area (Å²) in [6.07, 6.45) is 5.00. The number of aryl methyl sites for hydroxylation is 1. The molecule has 0 aliphatic heterocycles. The first-order valence-corrected chi connectivity index (χ1v) is 6.74. The Labute approximate surface area is 126 Å². The van der Waals surface area contributed by atoms with Gasteiger partial charge in [0, 0.05) is 18.1 Å². The van der Waals surface area contributed by atoms with Crippen LogP contribution in [0.5, 0.6) is 0 Å². The average molecular weight is 301 g/mol. The minimum atomic E-state index is 0.126. The summed E-state index contributed by atoms with van der Waals surface area (Å²) in [6, 6.07) is 6.00. The molecule has 0 atom stereocenters. The fourth-order valence-electron chi connectivity index (χ4n) is 1.90. The second-order valence-corrected chi connectivity index (χ2v) is 4.91. The molecule has 0 spiro atoms. The van der Waals surface area contributed by atoms with Crippen LogP contribution < -0.4 is 5.32 Å². The van der Waals surface area contributed by atoms with E-state index < -0.39 is 0 Å². The lowest BCUT2D eigenvalue weighted by molar-refractivity contribution is 0.899. The zero-order valence-corrected chi connectivity index (χ0v) is 12.3. The van der Waals surface area contributed by atoms with Gasteiger partial charge in [-0.3, -0.25) is 4.57 Å². The van der Waals surface area contributed by atoms with E-state index in [1.54, 1.807) is 23.3 Å². The van der Waals surface area contributed by atoms with Crippen LogP contribution in [0.2, 0.25) is 5.28 Å². The Balaban J connectivity index is 1.98. The van der Waals surface area contributed by atoms with Gasteiger partial charge in [0.1, 0.15) is 6.33 Å². The van der Waals surface area contributed by atoms with Gasteiger partial charge in [-0.25, -0.2) is 4.98 Å². The van der Waals surface area contributed by atoms with E-state index in [1.165, 1.54) is 5.56 Å². The van der Waals surface area contributed by atoms with Gasteiger partial charge in [-0.15, -0.1) is 0 Å². The Morgan fingerprint density at radius 2 is 2.00 bits per heavy atom. The summed E-state index contributed by atoms with van der Waals surface area (Å²) in [4.78, 5) is 16.5. The fourth-order valence-corrected chi connectivity index (χ4v) is 2.05. The van der Waals surface area contributed by atoms with Crippen molar-refractivity contribution < 1.29 is 0 Å². The van der Waals surface area contributed by atoms with Crippen LogP contribution in [0.3, 0.4) is 0 Å². The van der Waals surface area contributed by atoms with Gasteiger partial charge in [0.05, 0.1) is 0 Å². The quantitative estimate of drug-likeness (QED) is 0.805. The second kappa shape index (κ2) is 5.49. The Bertz CT molecular complexity index is 769. The minimum Gasteiger partial charge on any atom is -0.324 e. The Hall–Kier alpha value is -2.47. The summed E-state index contributed by atoms with van der Waals surface area (Å²) in [5.41, 5.74) is 3.27. The van der Waals surface area contributed by atoms with Crippen LogP contribution in [0.4, 0.5) is 11.6 Å². The first kappa shape index (κ1) is 13.5. The summed E-state index contributed by atoms with van der Waals surface area (Å²) in [5.74, 6) is 0.813. The van der Waals surface area contributed by atoms with Crippen molar-refractivity contribution in [3.63, 3.8) is 0 Å². The molecular formula is C14H13ClN6. The third-order valence-electron chi connectivity index (χ3n) is 3.18. The van der Waals surface area contributed by atoms with E-state index >= 15 is 0 Å². The molecule has 21 heavy (non-hydrogen) atoms. The smallest absolute Gasteiger partial charge is 0.241 e. The van der Waals surface area contributed by atoms with Gasteiger partial charge in [-0.1, -0.05) is 12.1 Å². The van der Waals surface area contributed by atoms with Gasteiger partial charge in [0.25, 0.3) is 0 Å². The Morgan fingerprint density at radius 1 is 1.14 bits per heavy atom. The molecule has 1 aromatic carbocycles. The molecule has 0 radical (unpaired) electrons. The third kappa shape index (κ3) is 2.85. The van der Waals surface area contributed by atoms with Crippen LogP contribution in [0, 0.1) is 13.8 Å². The number of halogens is 1. The topological polar surface area (TPSA) is 68.5 Å². The van der Waals surface area contributed by atoms with Gasteiger partial charge in [-0.05, 0) is 42.6 Å². The van der Waals surface area contributed by atoms with Crippen molar-refractivity contribution in [1.82, 2.24) is 24.5 Å². The molecule has 6 nitrogen and oxygen atoms in total. The van der Waals surface area contributed by atoms with Crippen LogP contribution in [0.25, 0.3) is 5.95 Å². The van der Waals surface area contributed by atoms with Crippen molar-refractivity contribution in [2.45, 2.75) is 13.8 Å². The summed E-state index contributed by atoms with van der Waals surface area (Å²) >= 11 is 5.97. The van der Waals surface area contributed by atoms with E-state index in [0.29, 0.717) is 11.9 Å². The maximum Gasteiger partial charge on any atom is 0.241 e. The van der Waals surface area contributed by atoms with Gasteiger partial charge >= 0.3 is 0 Å². The number of imidazole rings is 1. The third-order valence-corrected chi connectivity index (χ3v) is 3.35. The lowest BCUT2D eigenvalue weighted by atomic mass is 10.1. The van der Waals surface area contributed by atoms with Crippen molar-refractivity contribution in [2.75, 3.05) is 5.32 Å². The molecule has 0 amide bonds. The van der Waals surface area contributed by atoms with Crippen LogP contribution in [-0.4, -0.2) is 24.5 Å². The van der Waals surface area contributed by atoms with E-state index in [0.717, 1.165) is 11.3 Å². The SMILES string of the molecule is Cc1cccc(Nc2nc(Cl)nc(-n3ccnc3)n2)c1C. The van der Waals surface area contributed by atoms with Gasteiger partial charge in [-0.2, -0.15) is 15.0 Å². The average Bonchev–Trinajstić information content (AvgIpc) is 2.97. The van der Waals surface area contributed by atoms with E-state index in [2.05, 4.69) is 38.2 Å². The number of nitrogens with one attached hydrogen (secondary N) is 1. The molecule has 0 unspecified atom stereocenters. The first-order chi connectivity index (χ1) is 10.1. The predicted octanol–water partition coefficient (Wildman–Crippen LogP) is 3.07. The first-order valence-electron chi connectivity index (χ1n) is 6.36. The van der Waals surface area contributed by atoms with Gasteiger partial charge < -0.3 is 5.32 Å². The highest BCUT2D eigenvalue weighted by molar-refractivity contribution is 6.28. The summed E-state index contributed by atoms with van der Waals surface area (Å²) in [6.45, 7) is 4.09. The number of hydrogen-bond donors (Lipinski definition) is 1. The maximum atomic E-state index is 5.97. The lowest BCUT2D eigenvalue weighted by Gasteiger charge is -2.11. The molecule has 0 aliphatic rings. The number of hydrogen-bond acceptors (Lipinski definition) is 5. The normalized spacial score (nSPS) is 10.6. The highest BCUT2D eigenvalue weighted by atomic mass is 35.5. The molecule has 0 aliphatic carbocycles. The van der Waals surface area contributed by atoms with E-state index in [9.17, 15) is 0 Å². The summed E-state index contributed by atoms with van der Waals surface area (Å²) < 4.78 is 1.67. The van der Waals surface area contributed by atoms with Crippen molar-refractivity contribution in [3.8, 4) is 5.95 Å². The molecule has 106 valence electrons. The van der Waals surface area contributed by atoms with E-state index in [1.807, 2.05) is 19.1 Å². The molecule has 2 heterocycles. The highest BCUT2D eigenvalue weighted by Crippen LogP contribution is 2.21. The van der Waals surface area contributed by atoms with Crippen LogP contribution in [0.1, 0.15) is 11.1 Å². The zero-order chi connectivity index (χ0) is 14.8. The summed E-state index contributed by atoms with van der Waals surface area (Å²) in [7, 11) is 0. The molecule has 1 N–H and O–H groups in total. The highest BCUT2D eigenvalue weighted by Gasteiger charge is 2.08. The Kier molecular flexibility index (Phi) is 3.53. The maximum absolute atomic E-state index is 5.97. The van der Waals surface area contributed by atoms with Crippen LogP contribution in [-0.2, 0) is 0 Å². The van der Waals surface area contributed by atoms with E-state index in [4.69, 9.17) is 11.6 Å². The predicted molar refractivity (Wildman–Crippen MR) is 81.2 cm³/mol. The van der Waals surface area contributed by atoms with Crippen molar-refractivity contribution in [3.05, 3.63) is 53.3 Å². The van der Waals surface area contributed by atoms with Crippen molar-refractivity contribution in [2.24, 2.45) is 0 Å². The van der Waals surface area contributed by atoms with Gasteiger partial charge in [0.2, 0.25) is 17.2 Å². The number of nitrogens with zero attached hydrogens (tertiary/aromatic N) is 5. The van der Waals surface area contributed by atoms with E-state index in [-0.39, 0.29) is 5.28 Å². The molecule has 0 bridgehead atoms. The fraction of sp³-hybridized carbons (Fsp3) is 0.143. The Morgan fingerprint density at radius 3 is 2.76 bits per heavy atom. The molecule has 0 saturated carbocycles. The molecule has 3 rings (SSSR count). The molecular weight excluding hydrogens is 288 g/mol. The summed E-state index contributed by atoms with van der Waals surface area (Å²) in [5, 5.41) is 3.30. The number of rotatable bonds is 3. The molecule has 2 aromatic heterocycles. The zero-order valence-electron chi connectivity index (χ0n) is 11.6. The second-order valence-electron chi connectivity index (χ2n) is 4.57. The molecule has 3 aromatic rings.